The van der Waals surface area contributed by atoms with Crippen LogP contribution in [0, 0.1) is 16.7 Å². The van der Waals surface area contributed by atoms with E-state index in [2.05, 4.69) is 24.8 Å². The quantitative estimate of drug-likeness (QED) is 0.832. The normalized spacial score (nSPS) is 18.8. The molecule has 0 unspecified atom stereocenters. The second kappa shape index (κ2) is 6.08. The molecule has 1 aromatic rings. The SMILES string of the molecule is CC1(C)CCN(CCOc2cccc(C#N)c2)CC1. The van der Waals surface area contributed by atoms with E-state index < -0.39 is 0 Å². The number of nitrogens with zero attached hydrogens (tertiary/aromatic N) is 2. The van der Waals surface area contributed by atoms with Crippen LogP contribution in [-0.4, -0.2) is 31.1 Å². The van der Waals surface area contributed by atoms with Gasteiger partial charge in [0.2, 0.25) is 0 Å². The van der Waals surface area contributed by atoms with E-state index in [4.69, 9.17) is 10.00 Å². The minimum Gasteiger partial charge on any atom is -0.492 e. The van der Waals surface area contributed by atoms with E-state index in [1.54, 1.807) is 12.1 Å². The van der Waals surface area contributed by atoms with Crippen LogP contribution in [-0.2, 0) is 0 Å². The predicted octanol–water partition coefficient (Wildman–Crippen LogP) is 3.06. The number of nitriles is 1. The van der Waals surface area contributed by atoms with Crippen molar-refractivity contribution in [1.82, 2.24) is 4.90 Å². The van der Waals surface area contributed by atoms with Crippen molar-refractivity contribution in [2.45, 2.75) is 26.7 Å². The highest BCUT2D eigenvalue weighted by Gasteiger charge is 2.24. The lowest BCUT2D eigenvalue weighted by Gasteiger charge is -2.36. The summed E-state index contributed by atoms with van der Waals surface area (Å²) in [4.78, 5) is 2.46. The summed E-state index contributed by atoms with van der Waals surface area (Å²) < 4.78 is 5.71. The van der Waals surface area contributed by atoms with E-state index in [9.17, 15) is 0 Å². The molecule has 1 aliphatic rings. The van der Waals surface area contributed by atoms with Gasteiger partial charge in [-0.25, -0.2) is 0 Å². The molecule has 0 saturated carbocycles. The van der Waals surface area contributed by atoms with E-state index >= 15 is 0 Å². The summed E-state index contributed by atoms with van der Waals surface area (Å²) >= 11 is 0. The summed E-state index contributed by atoms with van der Waals surface area (Å²) in [6, 6.07) is 9.47. The Morgan fingerprint density at radius 2 is 2.05 bits per heavy atom. The molecule has 0 N–H and O–H groups in total. The Bertz CT molecular complexity index is 452. The molecule has 0 radical (unpaired) electrons. The molecule has 0 aromatic heterocycles. The fraction of sp³-hybridized carbons (Fsp3) is 0.562. The molecule has 102 valence electrons. The average molecular weight is 258 g/mol. The van der Waals surface area contributed by atoms with Crippen LogP contribution in [0.4, 0.5) is 0 Å². The van der Waals surface area contributed by atoms with Gasteiger partial charge in [0, 0.05) is 6.54 Å². The molecule has 0 aliphatic carbocycles. The average Bonchev–Trinajstić information content (AvgIpc) is 2.41. The molecule has 1 aromatic carbocycles. The van der Waals surface area contributed by atoms with Gasteiger partial charge in [-0.2, -0.15) is 5.26 Å². The molecular weight excluding hydrogens is 236 g/mol. The lowest BCUT2D eigenvalue weighted by atomic mass is 9.83. The van der Waals surface area contributed by atoms with E-state index in [0.717, 1.165) is 25.4 Å². The summed E-state index contributed by atoms with van der Waals surface area (Å²) in [5.74, 6) is 0.788. The van der Waals surface area contributed by atoms with Crippen molar-refractivity contribution >= 4 is 0 Å². The first-order valence-electron chi connectivity index (χ1n) is 6.94. The van der Waals surface area contributed by atoms with Crippen molar-refractivity contribution < 1.29 is 4.74 Å². The zero-order chi connectivity index (χ0) is 13.7. The molecule has 1 aliphatic heterocycles. The van der Waals surface area contributed by atoms with Gasteiger partial charge in [0.05, 0.1) is 11.6 Å². The van der Waals surface area contributed by atoms with Crippen LogP contribution in [0.25, 0.3) is 0 Å². The van der Waals surface area contributed by atoms with Crippen LogP contribution in [0.3, 0.4) is 0 Å². The van der Waals surface area contributed by atoms with Gasteiger partial charge in [-0.3, -0.25) is 4.90 Å². The molecule has 0 atom stereocenters. The van der Waals surface area contributed by atoms with Gasteiger partial charge >= 0.3 is 0 Å². The zero-order valence-corrected chi connectivity index (χ0v) is 11.9. The monoisotopic (exact) mass is 258 g/mol. The van der Waals surface area contributed by atoms with Crippen LogP contribution >= 0.6 is 0 Å². The molecule has 1 fully saturated rings. The van der Waals surface area contributed by atoms with E-state index in [1.807, 2.05) is 12.1 Å². The maximum Gasteiger partial charge on any atom is 0.120 e. The second-order valence-corrected chi connectivity index (χ2v) is 5.99. The van der Waals surface area contributed by atoms with Gasteiger partial charge in [-0.05, 0) is 49.5 Å². The molecule has 0 spiro atoms. The van der Waals surface area contributed by atoms with Crippen molar-refractivity contribution in [2.75, 3.05) is 26.2 Å². The van der Waals surface area contributed by atoms with Gasteiger partial charge in [-0.1, -0.05) is 19.9 Å². The minimum absolute atomic E-state index is 0.498. The van der Waals surface area contributed by atoms with Gasteiger partial charge in [0.1, 0.15) is 12.4 Å². The maximum atomic E-state index is 8.83. The molecule has 2 rings (SSSR count). The van der Waals surface area contributed by atoms with Crippen molar-refractivity contribution in [3.05, 3.63) is 29.8 Å². The van der Waals surface area contributed by atoms with Crippen LogP contribution < -0.4 is 4.74 Å². The molecule has 3 nitrogen and oxygen atoms in total. The second-order valence-electron chi connectivity index (χ2n) is 5.99. The van der Waals surface area contributed by atoms with Crippen LogP contribution in [0.5, 0.6) is 5.75 Å². The largest absolute Gasteiger partial charge is 0.492 e. The fourth-order valence-corrected chi connectivity index (χ4v) is 2.33. The third kappa shape index (κ3) is 4.25. The minimum atomic E-state index is 0.498. The predicted molar refractivity (Wildman–Crippen MR) is 76.1 cm³/mol. The van der Waals surface area contributed by atoms with Crippen LogP contribution in [0.15, 0.2) is 24.3 Å². The first kappa shape index (κ1) is 13.9. The lowest BCUT2D eigenvalue weighted by Crippen LogP contribution is -2.39. The van der Waals surface area contributed by atoms with Crippen molar-refractivity contribution in [3.8, 4) is 11.8 Å². The van der Waals surface area contributed by atoms with Gasteiger partial charge in [0.25, 0.3) is 0 Å². The molecule has 19 heavy (non-hydrogen) atoms. The number of likely N-dealkylation sites (tertiary alicyclic amines) is 1. The maximum absolute atomic E-state index is 8.83. The highest BCUT2D eigenvalue weighted by molar-refractivity contribution is 5.36. The third-order valence-corrected chi connectivity index (χ3v) is 3.85. The first-order valence-corrected chi connectivity index (χ1v) is 6.94. The third-order valence-electron chi connectivity index (χ3n) is 3.85. The summed E-state index contributed by atoms with van der Waals surface area (Å²) in [7, 11) is 0. The summed E-state index contributed by atoms with van der Waals surface area (Å²) in [6.45, 7) is 8.66. The van der Waals surface area contributed by atoms with Gasteiger partial charge in [-0.15, -0.1) is 0 Å². The Morgan fingerprint density at radius 1 is 1.32 bits per heavy atom. The fourth-order valence-electron chi connectivity index (χ4n) is 2.33. The topological polar surface area (TPSA) is 36.3 Å². The number of ether oxygens (including phenoxy) is 1. The Labute approximate surface area is 115 Å². The Hall–Kier alpha value is -1.53. The molecular formula is C16H22N2O. The van der Waals surface area contributed by atoms with Crippen molar-refractivity contribution in [1.29, 1.82) is 5.26 Å². The smallest absolute Gasteiger partial charge is 0.120 e. The number of benzene rings is 1. The number of hydrogen-bond donors (Lipinski definition) is 0. The molecule has 3 heteroatoms. The highest BCUT2D eigenvalue weighted by Crippen LogP contribution is 2.29. The Balaban J connectivity index is 1.74. The van der Waals surface area contributed by atoms with E-state index in [-0.39, 0.29) is 0 Å². The molecule has 0 bridgehead atoms. The van der Waals surface area contributed by atoms with Gasteiger partial charge in [0.15, 0.2) is 0 Å². The zero-order valence-electron chi connectivity index (χ0n) is 11.9. The summed E-state index contributed by atoms with van der Waals surface area (Å²) in [5, 5.41) is 8.83. The highest BCUT2D eigenvalue weighted by atomic mass is 16.5. The number of piperidine rings is 1. The van der Waals surface area contributed by atoms with Crippen molar-refractivity contribution in [2.24, 2.45) is 5.41 Å². The Kier molecular flexibility index (Phi) is 4.44. The number of hydrogen-bond acceptors (Lipinski definition) is 3. The summed E-state index contributed by atoms with van der Waals surface area (Å²) in [5.41, 5.74) is 1.15. The number of rotatable bonds is 4. The molecule has 1 saturated heterocycles. The molecule has 1 heterocycles. The molecule has 0 amide bonds. The van der Waals surface area contributed by atoms with Crippen molar-refractivity contribution in [3.63, 3.8) is 0 Å². The van der Waals surface area contributed by atoms with Crippen LogP contribution in [0.1, 0.15) is 32.3 Å². The lowest BCUT2D eigenvalue weighted by molar-refractivity contribution is 0.116. The van der Waals surface area contributed by atoms with Gasteiger partial charge < -0.3 is 4.74 Å². The van der Waals surface area contributed by atoms with E-state index in [0.29, 0.717) is 17.6 Å². The summed E-state index contributed by atoms with van der Waals surface area (Å²) in [6.07, 6.45) is 2.52. The van der Waals surface area contributed by atoms with E-state index in [1.165, 1.54) is 12.8 Å². The Morgan fingerprint density at radius 3 is 2.74 bits per heavy atom. The standard InChI is InChI=1S/C16H22N2O/c1-16(2)6-8-18(9-7-16)10-11-19-15-5-3-4-14(12-15)13-17/h3-5,12H,6-11H2,1-2H3. The van der Waals surface area contributed by atoms with Crippen LogP contribution in [0.2, 0.25) is 0 Å². The first-order chi connectivity index (χ1) is 9.09.